The lowest BCUT2D eigenvalue weighted by Crippen LogP contribution is -2.42. The number of hydrogen-bond donors (Lipinski definition) is 1. The Balaban J connectivity index is 2.16. The van der Waals surface area contributed by atoms with E-state index in [1.54, 1.807) is 6.92 Å². The standard InChI is InChI=1S/C23H34N2O4S/c1-7-23(5,6)24-30(27,28)21-16(3)15(2)14-18-17(4)19(29-20(18)21)22(26)25-12-10-8-9-11-13-25/h14,24H,7-13H2,1-6H3. The molecule has 0 unspecified atom stereocenters. The van der Waals surface area contributed by atoms with Gasteiger partial charge in [0, 0.05) is 29.6 Å². The maximum Gasteiger partial charge on any atom is 0.289 e. The Kier molecular flexibility index (Phi) is 6.35. The number of rotatable bonds is 5. The predicted molar refractivity (Wildman–Crippen MR) is 119 cm³/mol. The number of benzene rings is 1. The Morgan fingerprint density at radius 3 is 2.27 bits per heavy atom. The summed E-state index contributed by atoms with van der Waals surface area (Å²) in [6.07, 6.45) is 4.87. The maximum absolute atomic E-state index is 13.4. The molecule has 0 radical (unpaired) electrons. The summed E-state index contributed by atoms with van der Waals surface area (Å²) >= 11 is 0. The predicted octanol–water partition coefficient (Wildman–Crippen LogP) is 4.84. The zero-order valence-corrected chi connectivity index (χ0v) is 19.8. The molecule has 1 aliphatic heterocycles. The Bertz CT molecular complexity index is 1060. The van der Waals surface area contributed by atoms with Crippen LogP contribution >= 0.6 is 0 Å². The van der Waals surface area contributed by atoms with Gasteiger partial charge in [0.05, 0.1) is 0 Å². The van der Waals surface area contributed by atoms with Gasteiger partial charge in [0.1, 0.15) is 4.90 Å². The number of amides is 1. The first-order chi connectivity index (χ1) is 14.0. The van der Waals surface area contributed by atoms with Gasteiger partial charge in [-0.2, -0.15) is 0 Å². The highest BCUT2D eigenvalue weighted by Crippen LogP contribution is 2.36. The van der Waals surface area contributed by atoms with Crippen LogP contribution in [0.2, 0.25) is 0 Å². The number of sulfonamides is 1. The highest BCUT2D eigenvalue weighted by molar-refractivity contribution is 7.89. The van der Waals surface area contributed by atoms with Gasteiger partial charge < -0.3 is 9.32 Å². The summed E-state index contributed by atoms with van der Waals surface area (Å²) in [5.74, 6) is 0.106. The molecular weight excluding hydrogens is 400 g/mol. The minimum absolute atomic E-state index is 0.136. The molecular formula is C23H34N2O4S. The van der Waals surface area contributed by atoms with Crippen LogP contribution in [0.3, 0.4) is 0 Å². The summed E-state index contributed by atoms with van der Waals surface area (Å²) in [6.45, 7) is 12.6. The van der Waals surface area contributed by atoms with Crippen molar-refractivity contribution in [3.05, 3.63) is 28.5 Å². The lowest BCUT2D eigenvalue weighted by Gasteiger charge is -2.25. The number of hydrogen-bond acceptors (Lipinski definition) is 4. The minimum Gasteiger partial charge on any atom is -0.449 e. The third kappa shape index (κ3) is 4.28. The van der Waals surface area contributed by atoms with Crippen molar-refractivity contribution in [1.82, 2.24) is 9.62 Å². The molecule has 0 bridgehead atoms. The van der Waals surface area contributed by atoms with Gasteiger partial charge in [0.25, 0.3) is 5.91 Å². The maximum atomic E-state index is 13.4. The molecule has 7 heteroatoms. The number of carbonyl (C=O) groups is 1. The molecule has 0 spiro atoms. The van der Waals surface area contributed by atoms with Crippen molar-refractivity contribution >= 4 is 26.9 Å². The average Bonchev–Trinajstić information content (AvgIpc) is 2.86. The summed E-state index contributed by atoms with van der Waals surface area (Å²) in [5.41, 5.74) is 1.88. The minimum atomic E-state index is -3.84. The van der Waals surface area contributed by atoms with E-state index >= 15 is 0 Å². The van der Waals surface area contributed by atoms with Gasteiger partial charge in [-0.25, -0.2) is 13.1 Å². The Labute approximate surface area is 180 Å². The number of furan rings is 1. The topological polar surface area (TPSA) is 79.6 Å². The van der Waals surface area contributed by atoms with Gasteiger partial charge in [0.15, 0.2) is 11.3 Å². The molecule has 1 fully saturated rings. The number of fused-ring (bicyclic) bond motifs is 1. The highest BCUT2D eigenvalue weighted by Gasteiger charge is 2.32. The second kappa shape index (κ2) is 8.35. The Morgan fingerprint density at radius 1 is 1.10 bits per heavy atom. The van der Waals surface area contributed by atoms with Crippen LogP contribution in [0.15, 0.2) is 15.4 Å². The lowest BCUT2D eigenvalue weighted by atomic mass is 10.0. The van der Waals surface area contributed by atoms with Gasteiger partial charge in [-0.3, -0.25) is 4.79 Å². The molecule has 1 aromatic heterocycles. The molecule has 2 aromatic rings. The van der Waals surface area contributed by atoms with E-state index in [1.165, 1.54) is 0 Å². The summed E-state index contributed by atoms with van der Waals surface area (Å²) in [6, 6.07) is 1.92. The van der Waals surface area contributed by atoms with Crippen molar-refractivity contribution in [2.45, 2.75) is 84.1 Å². The Morgan fingerprint density at radius 2 is 1.70 bits per heavy atom. The molecule has 0 atom stereocenters. The third-order valence-corrected chi connectivity index (χ3v) is 8.19. The van der Waals surface area contributed by atoms with Crippen LogP contribution in [0.4, 0.5) is 0 Å². The first-order valence-corrected chi connectivity index (χ1v) is 12.3. The van der Waals surface area contributed by atoms with Gasteiger partial charge in [-0.15, -0.1) is 0 Å². The van der Waals surface area contributed by atoms with E-state index in [4.69, 9.17) is 4.42 Å². The van der Waals surface area contributed by atoms with Gasteiger partial charge in [-0.1, -0.05) is 19.8 Å². The van der Waals surface area contributed by atoms with Crippen molar-refractivity contribution in [3.63, 3.8) is 0 Å². The van der Waals surface area contributed by atoms with Crippen molar-refractivity contribution in [2.24, 2.45) is 0 Å². The quantitative estimate of drug-likeness (QED) is 0.730. The third-order valence-electron chi connectivity index (χ3n) is 6.34. The first kappa shape index (κ1) is 22.8. The number of likely N-dealkylation sites (tertiary alicyclic amines) is 1. The van der Waals surface area contributed by atoms with Crippen molar-refractivity contribution in [1.29, 1.82) is 0 Å². The largest absolute Gasteiger partial charge is 0.449 e. The fourth-order valence-electron chi connectivity index (χ4n) is 3.97. The van der Waals surface area contributed by atoms with Crippen LogP contribution in [-0.2, 0) is 10.0 Å². The van der Waals surface area contributed by atoms with Crippen LogP contribution in [0.25, 0.3) is 11.0 Å². The van der Waals surface area contributed by atoms with Crippen molar-refractivity contribution in [3.8, 4) is 0 Å². The monoisotopic (exact) mass is 434 g/mol. The van der Waals surface area contributed by atoms with Crippen LogP contribution < -0.4 is 4.72 Å². The first-order valence-electron chi connectivity index (χ1n) is 10.8. The molecule has 2 heterocycles. The zero-order chi connectivity index (χ0) is 22.3. The summed E-state index contributed by atoms with van der Waals surface area (Å²) < 4.78 is 35.6. The second-order valence-electron chi connectivity index (χ2n) is 9.13. The zero-order valence-electron chi connectivity index (χ0n) is 19.0. The second-order valence-corrected chi connectivity index (χ2v) is 10.7. The van der Waals surface area contributed by atoms with E-state index in [1.807, 2.05) is 45.6 Å². The highest BCUT2D eigenvalue weighted by atomic mass is 32.2. The smallest absolute Gasteiger partial charge is 0.289 e. The van der Waals surface area contributed by atoms with E-state index in [9.17, 15) is 13.2 Å². The molecule has 30 heavy (non-hydrogen) atoms. The molecule has 166 valence electrons. The molecule has 1 aliphatic rings. The number of nitrogens with zero attached hydrogens (tertiary/aromatic N) is 1. The number of carbonyl (C=O) groups excluding carboxylic acids is 1. The SMILES string of the molecule is CCC(C)(C)NS(=O)(=O)c1c(C)c(C)cc2c(C)c(C(=O)N3CCCCCC3)oc12. The average molecular weight is 435 g/mol. The molecule has 3 rings (SSSR count). The van der Waals surface area contributed by atoms with Crippen molar-refractivity contribution in [2.75, 3.05) is 13.1 Å². The number of nitrogens with one attached hydrogen (secondary N) is 1. The molecule has 1 saturated heterocycles. The lowest BCUT2D eigenvalue weighted by molar-refractivity contribution is 0.0730. The van der Waals surface area contributed by atoms with E-state index < -0.39 is 15.6 Å². The van der Waals surface area contributed by atoms with E-state index in [-0.39, 0.29) is 22.1 Å². The van der Waals surface area contributed by atoms with Gasteiger partial charge in [-0.05, 0) is 71.1 Å². The van der Waals surface area contributed by atoms with Crippen LogP contribution in [0.5, 0.6) is 0 Å². The molecule has 1 aromatic carbocycles. The molecule has 6 nitrogen and oxygen atoms in total. The molecule has 0 aliphatic carbocycles. The van der Waals surface area contributed by atoms with E-state index in [2.05, 4.69) is 4.72 Å². The summed E-state index contributed by atoms with van der Waals surface area (Å²) in [4.78, 5) is 15.2. The van der Waals surface area contributed by atoms with Crippen molar-refractivity contribution < 1.29 is 17.6 Å². The number of aryl methyl sites for hydroxylation is 2. The fraction of sp³-hybridized carbons (Fsp3) is 0.609. The Hall–Kier alpha value is -1.86. The molecule has 1 N–H and O–H groups in total. The summed E-state index contributed by atoms with van der Waals surface area (Å²) in [7, 11) is -3.84. The molecule has 0 saturated carbocycles. The summed E-state index contributed by atoms with van der Waals surface area (Å²) in [5, 5.41) is 0.686. The normalized spacial score (nSPS) is 16.1. The molecule has 1 amide bonds. The van der Waals surface area contributed by atoms with Gasteiger partial charge >= 0.3 is 0 Å². The fourth-order valence-corrected chi connectivity index (χ4v) is 5.91. The van der Waals surface area contributed by atoms with Crippen LogP contribution in [0, 0.1) is 20.8 Å². The van der Waals surface area contributed by atoms with E-state index in [0.29, 0.717) is 36.0 Å². The van der Waals surface area contributed by atoms with Crippen LogP contribution in [-0.4, -0.2) is 37.9 Å². The van der Waals surface area contributed by atoms with Crippen LogP contribution in [0.1, 0.15) is 80.1 Å². The van der Waals surface area contributed by atoms with Gasteiger partial charge in [0.2, 0.25) is 10.0 Å². The van der Waals surface area contributed by atoms with E-state index in [0.717, 1.165) is 31.2 Å².